The van der Waals surface area contributed by atoms with Gasteiger partial charge in [-0.15, -0.1) is 11.3 Å². The molecule has 0 bridgehead atoms. The fourth-order valence-corrected chi connectivity index (χ4v) is 5.88. The highest BCUT2D eigenvalue weighted by molar-refractivity contribution is 7.15. The zero-order valence-corrected chi connectivity index (χ0v) is 19.5. The van der Waals surface area contributed by atoms with Crippen LogP contribution in [0, 0.1) is 28.9 Å². The summed E-state index contributed by atoms with van der Waals surface area (Å²) in [6.45, 7) is 5.33. The third-order valence-electron chi connectivity index (χ3n) is 6.60. The Morgan fingerprint density at radius 1 is 1.35 bits per heavy atom. The molecule has 2 aliphatic heterocycles. The van der Waals surface area contributed by atoms with Gasteiger partial charge in [-0.3, -0.25) is 19.3 Å². The lowest BCUT2D eigenvalue weighted by molar-refractivity contribution is -0.384. The minimum absolute atomic E-state index is 0.0556. The van der Waals surface area contributed by atoms with Crippen LogP contribution >= 0.6 is 11.3 Å². The molecule has 34 heavy (non-hydrogen) atoms. The van der Waals surface area contributed by atoms with Crippen LogP contribution in [0.5, 0.6) is 0 Å². The number of nitrogens with zero attached hydrogens (tertiary/aromatic N) is 4. The van der Waals surface area contributed by atoms with Gasteiger partial charge >= 0.3 is 5.97 Å². The van der Waals surface area contributed by atoms with E-state index >= 15 is 0 Å². The SMILES string of the molecule is Cc1ncn2c(C3=C(C(=O)OCc4ccc([N+](=O)[O-])cc4)N4C(=O)[C@H]([C@@H](C)O)[C@H]4[C@H]3C)csc12. The molecule has 2 aromatic heterocycles. The highest BCUT2D eigenvalue weighted by atomic mass is 32.1. The molecule has 10 nitrogen and oxygen atoms in total. The van der Waals surface area contributed by atoms with Gasteiger partial charge in [0.1, 0.15) is 23.5 Å². The molecular weight excluding hydrogens is 460 g/mol. The van der Waals surface area contributed by atoms with E-state index in [1.807, 2.05) is 23.6 Å². The minimum atomic E-state index is -0.842. The summed E-state index contributed by atoms with van der Waals surface area (Å²) >= 11 is 1.50. The number of aliphatic hydroxyl groups excluding tert-OH is 1. The summed E-state index contributed by atoms with van der Waals surface area (Å²) in [5, 5.41) is 23.0. The van der Waals surface area contributed by atoms with E-state index in [0.29, 0.717) is 11.1 Å². The van der Waals surface area contributed by atoms with Gasteiger partial charge in [0.2, 0.25) is 5.91 Å². The van der Waals surface area contributed by atoms with Gasteiger partial charge in [0.25, 0.3) is 5.69 Å². The van der Waals surface area contributed by atoms with Crippen LogP contribution in [-0.2, 0) is 20.9 Å². The number of β-lactam (4-membered cyclic amide) rings is 1. The fourth-order valence-electron chi connectivity index (χ4n) is 4.93. The summed E-state index contributed by atoms with van der Waals surface area (Å²) in [6.07, 6.45) is 0.852. The minimum Gasteiger partial charge on any atom is -0.456 e. The Bertz CT molecular complexity index is 1360. The van der Waals surface area contributed by atoms with Crippen molar-refractivity contribution in [2.24, 2.45) is 11.8 Å². The van der Waals surface area contributed by atoms with Crippen molar-refractivity contribution in [2.75, 3.05) is 0 Å². The summed E-state index contributed by atoms with van der Waals surface area (Å²) in [6, 6.07) is 5.39. The van der Waals surface area contributed by atoms with Gasteiger partial charge in [-0.25, -0.2) is 9.78 Å². The number of carbonyl (C=O) groups is 2. The fraction of sp³-hybridized carbons (Fsp3) is 0.348. The molecule has 1 N–H and O–H groups in total. The number of fused-ring (bicyclic) bond motifs is 2. The molecule has 5 rings (SSSR count). The molecule has 11 heteroatoms. The van der Waals surface area contributed by atoms with Gasteiger partial charge in [0.05, 0.1) is 34.4 Å². The Morgan fingerprint density at radius 2 is 2.06 bits per heavy atom. The number of non-ortho nitro benzene ring substituents is 1. The Labute approximate surface area is 198 Å². The van der Waals surface area contributed by atoms with E-state index < -0.39 is 22.9 Å². The topological polar surface area (TPSA) is 127 Å². The molecule has 0 saturated carbocycles. The molecule has 4 heterocycles. The van der Waals surface area contributed by atoms with Gasteiger partial charge in [-0.2, -0.15) is 0 Å². The molecule has 3 aromatic rings. The van der Waals surface area contributed by atoms with E-state index in [4.69, 9.17) is 4.74 Å². The zero-order valence-electron chi connectivity index (χ0n) is 18.7. The van der Waals surface area contributed by atoms with Crippen molar-refractivity contribution in [3.8, 4) is 0 Å². The van der Waals surface area contributed by atoms with E-state index in [1.54, 1.807) is 13.3 Å². The molecule has 2 aliphatic rings. The Balaban J connectivity index is 1.51. The zero-order chi connectivity index (χ0) is 24.3. The van der Waals surface area contributed by atoms with Gasteiger partial charge in [0.15, 0.2) is 0 Å². The summed E-state index contributed by atoms with van der Waals surface area (Å²) < 4.78 is 7.46. The van der Waals surface area contributed by atoms with E-state index in [0.717, 1.165) is 16.2 Å². The molecule has 1 aromatic carbocycles. The number of amides is 1. The molecular formula is C23H22N4O6S. The predicted molar refractivity (Wildman–Crippen MR) is 123 cm³/mol. The second kappa shape index (κ2) is 8.03. The third kappa shape index (κ3) is 3.23. The Hall–Kier alpha value is -3.57. The number of ether oxygens (including phenoxy) is 1. The van der Waals surface area contributed by atoms with Gasteiger partial charge in [0, 0.05) is 29.0 Å². The average molecular weight is 483 g/mol. The van der Waals surface area contributed by atoms with E-state index in [1.165, 1.54) is 40.5 Å². The molecule has 0 radical (unpaired) electrons. The van der Waals surface area contributed by atoms with Crippen molar-refractivity contribution < 1.29 is 24.4 Å². The van der Waals surface area contributed by atoms with E-state index in [-0.39, 0.29) is 35.9 Å². The third-order valence-corrected chi connectivity index (χ3v) is 7.65. The quantitative estimate of drug-likeness (QED) is 0.248. The first-order chi connectivity index (χ1) is 16.2. The largest absolute Gasteiger partial charge is 0.456 e. The number of aromatic nitrogens is 2. The van der Waals surface area contributed by atoms with Crippen LogP contribution in [0.25, 0.3) is 10.4 Å². The number of aryl methyl sites for hydroxylation is 1. The Kier molecular flexibility index (Phi) is 5.25. The van der Waals surface area contributed by atoms with Crippen LogP contribution in [0.3, 0.4) is 0 Å². The number of thiazole rings is 1. The number of benzene rings is 1. The lowest BCUT2D eigenvalue weighted by Crippen LogP contribution is -2.63. The number of imidazole rings is 1. The molecule has 1 amide bonds. The van der Waals surface area contributed by atoms with Crippen molar-refractivity contribution >= 4 is 39.3 Å². The number of esters is 1. The van der Waals surface area contributed by atoms with Gasteiger partial charge in [-0.05, 0) is 31.5 Å². The summed E-state index contributed by atoms with van der Waals surface area (Å²) in [4.78, 5) is 43.4. The number of rotatable bonds is 6. The lowest BCUT2D eigenvalue weighted by Gasteiger charge is -2.46. The number of aliphatic hydroxyl groups is 1. The molecule has 0 spiro atoms. The predicted octanol–water partition coefficient (Wildman–Crippen LogP) is 2.92. The number of nitro benzene ring substituents is 1. The van der Waals surface area contributed by atoms with Gasteiger partial charge < -0.3 is 14.7 Å². The smallest absolute Gasteiger partial charge is 0.355 e. The first kappa shape index (κ1) is 22.2. The number of hydrogen-bond acceptors (Lipinski definition) is 8. The van der Waals surface area contributed by atoms with Gasteiger partial charge in [-0.1, -0.05) is 6.92 Å². The van der Waals surface area contributed by atoms with Crippen molar-refractivity contribution in [3.05, 3.63) is 68.7 Å². The van der Waals surface area contributed by atoms with Crippen molar-refractivity contribution in [1.29, 1.82) is 0 Å². The summed E-state index contributed by atoms with van der Waals surface area (Å²) in [5.41, 5.74) is 3.02. The second-order valence-corrected chi connectivity index (χ2v) is 9.50. The molecule has 4 atom stereocenters. The van der Waals surface area contributed by atoms with Crippen LogP contribution in [0.1, 0.15) is 30.8 Å². The first-order valence-electron chi connectivity index (χ1n) is 10.8. The molecule has 176 valence electrons. The van der Waals surface area contributed by atoms with Crippen LogP contribution in [0.4, 0.5) is 5.69 Å². The lowest BCUT2D eigenvalue weighted by atomic mass is 9.77. The van der Waals surface area contributed by atoms with Crippen LogP contribution < -0.4 is 0 Å². The van der Waals surface area contributed by atoms with Crippen LogP contribution in [0.2, 0.25) is 0 Å². The summed E-state index contributed by atoms with van der Waals surface area (Å²) in [7, 11) is 0. The highest BCUT2D eigenvalue weighted by Crippen LogP contribution is 2.51. The molecule has 0 unspecified atom stereocenters. The van der Waals surface area contributed by atoms with Crippen molar-refractivity contribution in [3.63, 3.8) is 0 Å². The number of carbonyl (C=O) groups excluding carboxylic acids is 2. The molecule has 0 aliphatic carbocycles. The average Bonchev–Trinajstić information content (AvgIpc) is 3.44. The maximum Gasteiger partial charge on any atom is 0.355 e. The van der Waals surface area contributed by atoms with Crippen molar-refractivity contribution in [1.82, 2.24) is 14.3 Å². The maximum absolute atomic E-state index is 13.3. The monoisotopic (exact) mass is 482 g/mol. The number of nitro groups is 1. The maximum atomic E-state index is 13.3. The van der Waals surface area contributed by atoms with E-state index in [9.17, 15) is 24.8 Å². The first-order valence-corrected chi connectivity index (χ1v) is 11.7. The molecule has 1 fully saturated rings. The second-order valence-electron chi connectivity index (χ2n) is 8.64. The highest BCUT2D eigenvalue weighted by Gasteiger charge is 2.60. The van der Waals surface area contributed by atoms with Crippen LogP contribution in [-0.4, -0.2) is 48.3 Å². The molecule has 1 saturated heterocycles. The van der Waals surface area contributed by atoms with Crippen molar-refractivity contribution in [2.45, 2.75) is 39.5 Å². The standard InChI is InChI=1S/C23H22N4O6S/c1-11-17(16-9-34-22-12(2)24-10-25(16)22)20(26-19(11)18(13(3)28)21(26)29)23(30)33-8-14-4-6-15(7-5-14)27(31)32/h4-7,9-11,13,18-19,28H,8H2,1-3H3/t11-,13+,18+,19+/m0/s1. The van der Waals surface area contributed by atoms with Crippen LogP contribution in [0.15, 0.2) is 41.7 Å². The van der Waals surface area contributed by atoms with E-state index in [2.05, 4.69) is 4.98 Å². The number of hydrogen-bond donors (Lipinski definition) is 1. The Morgan fingerprint density at radius 3 is 2.71 bits per heavy atom. The summed E-state index contributed by atoms with van der Waals surface area (Å²) in [5.74, 6) is -1.77. The normalized spacial score (nSPS) is 22.6.